The van der Waals surface area contributed by atoms with Crippen LogP contribution in [0.4, 0.5) is 0 Å². The van der Waals surface area contributed by atoms with Gasteiger partial charge in [0.2, 0.25) is 11.8 Å². The van der Waals surface area contributed by atoms with Gasteiger partial charge < -0.3 is 10.2 Å². The Morgan fingerprint density at radius 1 is 1.35 bits per heavy atom. The molecule has 4 nitrogen and oxygen atoms in total. The number of hydrogen-bond donors (Lipinski definition) is 1. The minimum Gasteiger partial charge on any atom is -0.421 e. The van der Waals surface area contributed by atoms with Crippen molar-refractivity contribution in [3.8, 4) is 11.5 Å². The molecule has 0 aliphatic carbocycles. The first-order chi connectivity index (χ1) is 8.20. The number of halogens is 1. The van der Waals surface area contributed by atoms with E-state index < -0.39 is 0 Å². The van der Waals surface area contributed by atoms with Crippen LogP contribution in [-0.2, 0) is 6.42 Å². The second-order valence-corrected chi connectivity index (χ2v) is 4.71. The van der Waals surface area contributed by atoms with E-state index in [2.05, 4.69) is 26.1 Å². The molecule has 1 heterocycles. The van der Waals surface area contributed by atoms with Crippen molar-refractivity contribution in [2.45, 2.75) is 19.8 Å². The Hall–Kier alpha value is -1.20. The van der Waals surface area contributed by atoms with Crippen LogP contribution < -0.4 is 5.73 Å². The molecule has 1 aromatic heterocycles. The van der Waals surface area contributed by atoms with Crippen molar-refractivity contribution in [3.05, 3.63) is 34.1 Å². The number of nitrogens with two attached hydrogens (primary N) is 1. The van der Waals surface area contributed by atoms with Crippen LogP contribution in [0.15, 0.2) is 27.1 Å². The second-order valence-electron chi connectivity index (χ2n) is 3.86. The van der Waals surface area contributed by atoms with E-state index in [4.69, 9.17) is 10.2 Å². The third-order valence-corrected chi connectivity index (χ3v) is 3.33. The van der Waals surface area contributed by atoms with Crippen molar-refractivity contribution in [2.24, 2.45) is 5.73 Å². The lowest BCUT2D eigenvalue weighted by Crippen LogP contribution is -2.00. The van der Waals surface area contributed by atoms with Gasteiger partial charge in [0, 0.05) is 16.5 Å². The van der Waals surface area contributed by atoms with E-state index >= 15 is 0 Å². The van der Waals surface area contributed by atoms with Gasteiger partial charge in [-0.25, -0.2) is 0 Å². The van der Waals surface area contributed by atoms with Crippen LogP contribution in [0.1, 0.15) is 17.9 Å². The number of nitrogens with zero attached hydrogens (tertiary/aromatic N) is 2. The second kappa shape index (κ2) is 5.42. The summed E-state index contributed by atoms with van der Waals surface area (Å²) >= 11 is 3.49. The summed E-state index contributed by atoms with van der Waals surface area (Å²) in [6, 6.07) is 5.97. The number of rotatable bonds is 4. The first kappa shape index (κ1) is 12.3. The van der Waals surface area contributed by atoms with Crippen LogP contribution >= 0.6 is 15.9 Å². The largest absolute Gasteiger partial charge is 0.421 e. The van der Waals surface area contributed by atoms with E-state index in [1.807, 2.05) is 25.1 Å². The van der Waals surface area contributed by atoms with Gasteiger partial charge in [0.1, 0.15) is 0 Å². The topological polar surface area (TPSA) is 64.9 Å². The summed E-state index contributed by atoms with van der Waals surface area (Å²) in [7, 11) is 0. The zero-order chi connectivity index (χ0) is 12.3. The average molecular weight is 296 g/mol. The molecular formula is C12H14BrN3O. The average Bonchev–Trinajstić information content (AvgIpc) is 2.79. The molecule has 0 aliphatic heterocycles. The minimum atomic E-state index is 0.553. The van der Waals surface area contributed by atoms with Gasteiger partial charge in [-0.15, -0.1) is 10.2 Å². The predicted octanol–water partition coefficient (Wildman–Crippen LogP) is 2.70. The van der Waals surface area contributed by atoms with Gasteiger partial charge >= 0.3 is 0 Å². The molecule has 0 bridgehead atoms. The van der Waals surface area contributed by atoms with Gasteiger partial charge in [0.15, 0.2) is 0 Å². The van der Waals surface area contributed by atoms with Crippen molar-refractivity contribution in [1.29, 1.82) is 0 Å². The van der Waals surface area contributed by atoms with Crippen molar-refractivity contribution in [1.82, 2.24) is 10.2 Å². The maximum Gasteiger partial charge on any atom is 0.247 e. The molecule has 0 radical (unpaired) electrons. The molecule has 0 saturated heterocycles. The van der Waals surface area contributed by atoms with Crippen molar-refractivity contribution < 1.29 is 4.42 Å². The summed E-state index contributed by atoms with van der Waals surface area (Å²) < 4.78 is 6.61. The minimum absolute atomic E-state index is 0.553. The Morgan fingerprint density at radius 3 is 2.88 bits per heavy atom. The van der Waals surface area contributed by atoms with Crippen molar-refractivity contribution in [2.75, 3.05) is 6.54 Å². The first-order valence-corrected chi connectivity index (χ1v) is 6.29. The van der Waals surface area contributed by atoms with Gasteiger partial charge in [-0.05, 0) is 37.6 Å². The molecule has 0 atom stereocenters. The molecule has 0 aliphatic rings. The van der Waals surface area contributed by atoms with Gasteiger partial charge in [-0.1, -0.05) is 22.0 Å². The summed E-state index contributed by atoms with van der Waals surface area (Å²) in [6.07, 6.45) is 1.59. The highest BCUT2D eigenvalue weighted by molar-refractivity contribution is 9.10. The number of aryl methyl sites for hydroxylation is 2. The third-order valence-electron chi connectivity index (χ3n) is 2.48. The van der Waals surface area contributed by atoms with E-state index in [0.29, 0.717) is 18.3 Å². The number of aromatic nitrogens is 2. The smallest absolute Gasteiger partial charge is 0.247 e. The van der Waals surface area contributed by atoms with Gasteiger partial charge in [0.05, 0.1) is 0 Å². The lowest BCUT2D eigenvalue weighted by molar-refractivity contribution is 0.499. The van der Waals surface area contributed by atoms with Gasteiger partial charge in [-0.2, -0.15) is 0 Å². The lowest BCUT2D eigenvalue weighted by atomic mass is 10.1. The highest BCUT2D eigenvalue weighted by Gasteiger charge is 2.09. The Balaban J connectivity index is 2.21. The number of hydrogen-bond acceptors (Lipinski definition) is 4. The molecule has 17 heavy (non-hydrogen) atoms. The lowest BCUT2D eigenvalue weighted by Gasteiger charge is -1.99. The van der Waals surface area contributed by atoms with Crippen LogP contribution in [0.25, 0.3) is 11.5 Å². The monoisotopic (exact) mass is 295 g/mol. The van der Waals surface area contributed by atoms with E-state index in [9.17, 15) is 0 Å². The maximum atomic E-state index is 5.57. The molecule has 2 N–H and O–H groups in total. The van der Waals surface area contributed by atoms with E-state index in [1.165, 1.54) is 5.56 Å². The van der Waals surface area contributed by atoms with Crippen molar-refractivity contribution in [3.63, 3.8) is 0 Å². The summed E-state index contributed by atoms with van der Waals surface area (Å²) in [4.78, 5) is 0. The summed E-state index contributed by atoms with van der Waals surface area (Å²) in [6.45, 7) is 2.67. The SMILES string of the molecule is Cc1ccc(-c2nnc(CCCN)o2)cc1Br. The van der Waals surface area contributed by atoms with Crippen molar-refractivity contribution >= 4 is 15.9 Å². The van der Waals surface area contributed by atoms with E-state index in [0.717, 1.165) is 22.9 Å². The summed E-state index contributed by atoms with van der Waals surface area (Å²) in [5, 5.41) is 8.03. The Morgan fingerprint density at radius 2 is 2.18 bits per heavy atom. The first-order valence-electron chi connectivity index (χ1n) is 5.49. The number of benzene rings is 1. The molecule has 1 aromatic carbocycles. The fraction of sp³-hybridized carbons (Fsp3) is 0.333. The van der Waals surface area contributed by atoms with Gasteiger partial charge in [-0.3, -0.25) is 0 Å². The third kappa shape index (κ3) is 2.92. The molecule has 0 saturated carbocycles. The van der Waals surface area contributed by atoms with Crippen LogP contribution in [0, 0.1) is 6.92 Å². The van der Waals surface area contributed by atoms with Crippen LogP contribution in [0.2, 0.25) is 0 Å². The fourth-order valence-corrected chi connectivity index (χ4v) is 1.83. The maximum absolute atomic E-state index is 5.57. The molecule has 0 amide bonds. The Kier molecular flexibility index (Phi) is 3.91. The highest BCUT2D eigenvalue weighted by Crippen LogP contribution is 2.24. The molecular weight excluding hydrogens is 282 g/mol. The van der Waals surface area contributed by atoms with Crippen LogP contribution in [0.5, 0.6) is 0 Å². The molecule has 0 unspecified atom stereocenters. The van der Waals surface area contributed by atoms with E-state index in [-0.39, 0.29) is 0 Å². The molecule has 5 heteroatoms. The zero-order valence-corrected chi connectivity index (χ0v) is 11.2. The van der Waals surface area contributed by atoms with E-state index in [1.54, 1.807) is 0 Å². The van der Waals surface area contributed by atoms with Gasteiger partial charge in [0.25, 0.3) is 0 Å². The van der Waals surface area contributed by atoms with Crippen LogP contribution in [0.3, 0.4) is 0 Å². The quantitative estimate of drug-likeness (QED) is 0.942. The fourth-order valence-electron chi connectivity index (χ4n) is 1.45. The molecule has 90 valence electrons. The summed E-state index contributed by atoms with van der Waals surface area (Å²) in [5.74, 6) is 1.19. The summed E-state index contributed by atoms with van der Waals surface area (Å²) in [5.41, 5.74) is 7.54. The predicted molar refractivity (Wildman–Crippen MR) is 69.5 cm³/mol. The molecule has 0 spiro atoms. The Labute approximate surface area is 108 Å². The Bertz CT molecular complexity index is 510. The van der Waals surface area contributed by atoms with Crippen LogP contribution in [-0.4, -0.2) is 16.7 Å². The molecule has 2 rings (SSSR count). The molecule has 2 aromatic rings. The zero-order valence-electron chi connectivity index (χ0n) is 9.61. The standard InChI is InChI=1S/C12H14BrN3O/c1-8-4-5-9(7-10(8)13)12-16-15-11(17-12)3-2-6-14/h4-5,7H,2-3,6,14H2,1H3. The highest BCUT2D eigenvalue weighted by atomic mass is 79.9. The molecule has 0 fully saturated rings. The normalized spacial score (nSPS) is 10.8.